The second kappa shape index (κ2) is 6.59. The molecule has 0 amide bonds. The van der Waals surface area contributed by atoms with Gasteiger partial charge in [-0.05, 0) is 43.7 Å². The zero-order valence-corrected chi connectivity index (χ0v) is 12.3. The highest BCUT2D eigenvalue weighted by molar-refractivity contribution is 5.43. The van der Waals surface area contributed by atoms with Crippen LogP contribution in [0.1, 0.15) is 31.1 Å². The summed E-state index contributed by atoms with van der Waals surface area (Å²) in [4.78, 5) is 0. The fraction of sp³-hybridized carbons (Fsp3) is 0.294. The second-order valence-electron chi connectivity index (χ2n) is 5.00. The molecule has 0 aromatic heterocycles. The Morgan fingerprint density at radius 2 is 1.81 bits per heavy atom. The summed E-state index contributed by atoms with van der Waals surface area (Å²) in [5.74, 6) is 0.451. The van der Waals surface area contributed by atoms with E-state index in [1.807, 2.05) is 13.8 Å². The van der Waals surface area contributed by atoms with E-state index in [4.69, 9.17) is 9.47 Å². The number of rotatable bonds is 5. The molecule has 0 aliphatic rings. The smallest absolute Gasteiger partial charge is 0.133 e. The van der Waals surface area contributed by atoms with Crippen LogP contribution in [-0.4, -0.2) is 18.3 Å². The monoisotopic (exact) mass is 290 g/mol. The van der Waals surface area contributed by atoms with Crippen LogP contribution in [0.4, 0.5) is 4.39 Å². The van der Waals surface area contributed by atoms with Gasteiger partial charge in [-0.15, -0.1) is 0 Å². The average Bonchev–Trinajstić information content (AvgIpc) is 2.45. The second-order valence-corrected chi connectivity index (χ2v) is 5.00. The minimum absolute atomic E-state index is 0.0281. The predicted octanol–water partition coefficient (Wildman–Crippen LogP) is 3.70. The maximum Gasteiger partial charge on any atom is 0.133 e. The number of aliphatic hydroxyl groups excluding tert-OH is 1. The van der Waals surface area contributed by atoms with Gasteiger partial charge in [-0.2, -0.15) is 0 Å². The van der Waals surface area contributed by atoms with Crippen molar-refractivity contribution < 1.29 is 19.0 Å². The third-order valence-corrected chi connectivity index (χ3v) is 3.05. The molecule has 4 heteroatoms. The Labute approximate surface area is 124 Å². The summed E-state index contributed by atoms with van der Waals surface area (Å²) in [6.07, 6.45) is -1.09. The van der Waals surface area contributed by atoms with E-state index in [0.717, 1.165) is 0 Å². The normalized spacial score (nSPS) is 12.3. The van der Waals surface area contributed by atoms with Gasteiger partial charge < -0.3 is 14.6 Å². The molecule has 2 aromatic rings. The van der Waals surface area contributed by atoms with Crippen LogP contribution in [0.2, 0.25) is 0 Å². The van der Waals surface area contributed by atoms with Crippen LogP contribution in [0.3, 0.4) is 0 Å². The summed E-state index contributed by atoms with van der Waals surface area (Å²) in [7, 11) is 1.45. The van der Waals surface area contributed by atoms with Crippen molar-refractivity contribution in [1.82, 2.24) is 0 Å². The van der Waals surface area contributed by atoms with Crippen LogP contribution in [0.25, 0.3) is 0 Å². The molecule has 0 spiro atoms. The third-order valence-electron chi connectivity index (χ3n) is 3.05. The van der Waals surface area contributed by atoms with Crippen LogP contribution in [0.15, 0.2) is 42.5 Å². The first kappa shape index (κ1) is 15.3. The lowest BCUT2D eigenvalue weighted by Gasteiger charge is -2.17. The Kier molecular flexibility index (Phi) is 4.81. The number of ether oxygens (including phenoxy) is 2. The van der Waals surface area contributed by atoms with Gasteiger partial charge >= 0.3 is 0 Å². The first-order chi connectivity index (χ1) is 10.0. The van der Waals surface area contributed by atoms with E-state index in [1.54, 1.807) is 36.4 Å². The van der Waals surface area contributed by atoms with E-state index < -0.39 is 11.9 Å². The SMILES string of the molecule is COc1cccc(F)c1C(O)c1cccc(OC(C)C)c1. The molecule has 3 nitrogen and oxygen atoms in total. The summed E-state index contributed by atoms with van der Waals surface area (Å²) < 4.78 is 24.7. The van der Waals surface area contributed by atoms with Crippen LogP contribution < -0.4 is 9.47 Å². The highest BCUT2D eigenvalue weighted by Gasteiger charge is 2.20. The minimum atomic E-state index is -1.11. The quantitative estimate of drug-likeness (QED) is 0.912. The topological polar surface area (TPSA) is 38.7 Å². The first-order valence-corrected chi connectivity index (χ1v) is 6.80. The highest BCUT2D eigenvalue weighted by Crippen LogP contribution is 2.33. The number of benzene rings is 2. The molecule has 0 aliphatic carbocycles. The van der Waals surface area contributed by atoms with Gasteiger partial charge in [-0.3, -0.25) is 0 Å². The van der Waals surface area contributed by atoms with Crippen LogP contribution in [0.5, 0.6) is 11.5 Å². The Hall–Kier alpha value is -2.07. The number of methoxy groups -OCH3 is 1. The lowest BCUT2D eigenvalue weighted by atomic mass is 10.00. The van der Waals surface area contributed by atoms with Gasteiger partial charge in [-0.1, -0.05) is 18.2 Å². The molecule has 1 N–H and O–H groups in total. The molecule has 112 valence electrons. The number of hydrogen-bond acceptors (Lipinski definition) is 3. The zero-order chi connectivity index (χ0) is 15.4. The molecule has 0 heterocycles. The van der Waals surface area contributed by atoms with Gasteiger partial charge in [0, 0.05) is 0 Å². The van der Waals surface area contributed by atoms with Gasteiger partial charge in [0.25, 0.3) is 0 Å². The Bertz CT molecular complexity index is 611. The van der Waals surface area contributed by atoms with Crippen molar-refractivity contribution >= 4 is 0 Å². The van der Waals surface area contributed by atoms with Crippen molar-refractivity contribution in [1.29, 1.82) is 0 Å². The van der Waals surface area contributed by atoms with Gasteiger partial charge in [0.1, 0.15) is 23.4 Å². The molecule has 0 bridgehead atoms. The van der Waals surface area contributed by atoms with Crippen molar-refractivity contribution in [3.05, 3.63) is 59.4 Å². The van der Waals surface area contributed by atoms with Crippen molar-refractivity contribution in [2.45, 2.75) is 26.1 Å². The summed E-state index contributed by atoms with van der Waals surface area (Å²) in [5, 5.41) is 10.5. The van der Waals surface area contributed by atoms with Crippen molar-refractivity contribution in [3.8, 4) is 11.5 Å². The largest absolute Gasteiger partial charge is 0.496 e. The molecule has 0 aliphatic heterocycles. The minimum Gasteiger partial charge on any atom is -0.496 e. The van der Waals surface area contributed by atoms with E-state index in [0.29, 0.717) is 17.1 Å². The van der Waals surface area contributed by atoms with E-state index in [-0.39, 0.29) is 11.7 Å². The number of hydrogen-bond donors (Lipinski definition) is 1. The average molecular weight is 290 g/mol. The molecule has 0 saturated carbocycles. The molecule has 2 rings (SSSR count). The summed E-state index contributed by atoms with van der Waals surface area (Å²) in [5.41, 5.74) is 0.679. The third kappa shape index (κ3) is 3.52. The molecule has 2 aromatic carbocycles. The van der Waals surface area contributed by atoms with Crippen molar-refractivity contribution in [2.75, 3.05) is 7.11 Å². The number of aliphatic hydroxyl groups is 1. The maximum absolute atomic E-state index is 14.0. The molecular formula is C17H19FO3. The van der Waals surface area contributed by atoms with E-state index in [1.165, 1.54) is 13.2 Å². The van der Waals surface area contributed by atoms with E-state index in [2.05, 4.69) is 0 Å². The predicted molar refractivity (Wildman–Crippen MR) is 79.2 cm³/mol. The van der Waals surface area contributed by atoms with E-state index in [9.17, 15) is 9.50 Å². The van der Waals surface area contributed by atoms with Crippen LogP contribution in [-0.2, 0) is 0 Å². The van der Waals surface area contributed by atoms with E-state index >= 15 is 0 Å². The lowest BCUT2D eigenvalue weighted by Crippen LogP contribution is -2.08. The van der Waals surface area contributed by atoms with Crippen LogP contribution >= 0.6 is 0 Å². The maximum atomic E-state index is 14.0. The highest BCUT2D eigenvalue weighted by atomic mass is 19.1. The van der Waals surface area contributed by atoms with Gasteiger partial charge in [0.15, 0.2) is 0 Å². The van der Waals surface area contributed by atoms with Crippen molar-refractivity contribution in [2.24, 2.45) is 0 Å². The van der Waals surface area contributed by atoms with Gasteiger partial charge in [0.05, 0.1) is 18.8 Å². The lowest BCUT2D eigenvalue weighted by molar-refractivity contribution is 0.206. The molecule has 0 radical (unpaired) electrons. The molecule has 1 unspecified atom stereocenters. The standard InChI is InChI=1S/C17H19FO3/c1-11(2)21-13-7-4-6-12(10-13)17(19)16-14(18)8-5-9-15(16)20-3/h4-11,17,19H,1-3H3. The first-order valence-electron chi connectivity index (χ1n) is 6.80. The number of halogens is 1. The van der Waals surface area contributed by atoms with Gasteiger partial charge in [0.2, 0.25) is 0 Å². The molecule has 21 heavy (non-hydrogen) atoms. The molecule has 1 atom stereocenters. The van der Waals surface area contributed by atoms with Crippen LogP contribution in [0, 0.1) is 5.82 Å². The Morgan fingerprint density at radius 3 is 2.48 bits per heavy atom. The molecule has 0 saturated heterocycles. The summed E-state index contributed by atoms with van der Waals surface area (Å²) >= 11 is 0. The Morgan fingerprint density at radius 1 is 1.10 bits per heavy atom. The molecular weight excluding hydrogens is 271 g/mol. The zero-order valence-electron chi connectivity index (χ0n) is 12.3. The van der Waals surface area contributed by atoms with Crippen molar-refractivity contribution in [3.63, 3.8) is 0 Å². The summed E-state index contributed by atoms with van der Waals surface area (Å²) in [6, 6.07) is 11.5. The van der Waals surface area contributed by atoms with Gasteiger partial charge in [-0.25, -0.2) is 4.39 Å². The molecule has 0 fully saturated rings. The Balaban J connectivity index is 2.38. The fourth-order valence-corrected chi connectivity index (χ4v) is 2.16. The summed E-state index contributed by atoms with van der Waals surface area (Å²) in [6.45, 7) is 3.84. The fourth-order valence-electron chi connectivity index (χ4n) is 2.16.